The van der Waals surface area contributed by atoms with E-state index >= 15 is 0 Å². The van der Waals surface area contributed by atoms with Gasteiger partial charge in [0.2, 0.25) is 0 Å². The van der Waals surface area contributed by atoms with Crippen LogP contribution in [0.3, 0.4) is 0 Å². The third-order valence-electron chi connectivity index (χ3n) is 3.50. The van der Waals surface area contributed by atoms with Crippen LogP contribution in [0.4, 0.5) is 10.5 Å². The standard InChI is InChI=1S/C20H15ClN2O3/c21-15-11-12-18(24)17(13-15)19(14-7-3-1-4-8-14)23-26-20(25)22-16-9-5-2-6-10-16/h1-13,24H,(H,22,25)/b23-19-. The van der Waals surface area contributed by atoms with E-state index in [0.717, 1.165) is 0 Å². The van der Waals surface area contributed by atoms with Crippen LogP contribution in [0.5, 0.6) is 5.75 Å². The van der Waals surface area contributed by atoms with E-state index in [1.165, 1.54) is 6.07 Å². The fourth-order valence-corrected chi connectivity index (χ4v) is 2.47. The number of carbonyl (C=O) groups is 1. The molecule has 0 aromatic heterocycles. The zero-order chi connectivity index (χ0) is 18.4. The molecule has 0 bridgehead atoms. The highest BCUT2D eigenvalue weighted by Gasteiger charge is 2.14. The summed E-state index contributed by atoms with van der Waals surface area (Å²) in [4.78, 5) is 17.0. The van der Waals surface area contributed by atoms with E-state index in [2.05, 4.69) is 10.5 Å². The first-order valence-electron chi connectivity index (χ1n) is 7.79. The van der Waals surface area contributed by atoms with Gasteiger partial charge in [-0.1, -0.05) is 65.3 Å². The summed E-state index contributed by atoms with van der Waals surface area (Å²) in [6.45, 7) is 0. The molecule has 0 spiro atoms. The fourth-order valence-electron chi connectivity index (χ4n) is 2.30. The lowest BCUT2D eigenvalue weighted by atomic mass is 10.0. The largest absolute Gasteiger partial charge is 0.507 e. The summed E-state index contributed by atoms with van der Waals surface area (Å²) in [5.74, 6) is -0.0240. The van der Waals surface area contributed by atoms with Crippen molar-refractivity contribution >= 4 is 29.1 Å². The maximum Gasteiger partial charge on any atom is 0.437 e. The molecule has 3 aromatic carbocycles. The summed E-state index contributed by atoms with van der Waals surface area (Å²) in [6, 6.07) is 22.5. The van der Waals surface area contributed by atoms with Gasteiger partial charge in [0.1, 0.15) is 11.5 Å². The summed E-state index contributed by atoms with van der Waals surface area (Å²) >= 11 is 6.03. The molecule has 0 unspecified atom stereocenters. The number of halogens is 1. The van der Waals surface area contributed by atoms with Crippen molar-refractivity contribution in [3.05, 3.63) is 95.0 Å². The predicted molar refractivity (Wildman–Crippen MR) is 102 cm³/mol. The van der Waals surface area contributed by atoms with Crippen molar-refractivity contribution < 1.29 is 14.7 Å². The highest BCUT2D eigenvalue weighted by molar-refractivity contribution is 6.31. The van der Waals surface area contributed by atoms with Crippen molar-refractivity contribution in [2.45, 2.75) is 0 Å². The smallest absolute Gasteiger partial charge is 0.437 e. The maximum atomic E-state index is 12.0. The number of phenolic OH excluding ortho intramolecular Hbond substituents is 1. The molecular weight excluding hydrogens is 352 g/mol. The molecule has 2 N–H and O–H groups in total. The van der Waals surface area contributed by atoms with E-state index in [9.17, 15) is 9.90 Å². The molecule has 1 amide bonds. The summed E-state index contributed by atoms with van der Waals surface area (Å²) in [5.41, 5.74) is 1.89. The number of hydrogen-bond acceptors (Lipinski definition) is 4. The Bertz CT molecular complexity index is 928. The zero-order valence-corrected chi connectivity index (χ0v) is 14.4. The quantitative estimate of drug-likeness (QED) is 0.385. The topological polar surface area (TPSA) is 70.9 Å². The Labute approximate surface area is 155 Å². The van der Waals surface area contributed by atoms with E-state index in [0.29, 0.717) is 21.8 Å². The molecule has 0 heterocycles. The van der Waals surface area contributed by atoms with Gasteiger partial charge in [-0.05, 0) is 30.3 Å². The number of para-hydroxylation sites is 1. The van der Waals surface area contributed by atoms with Gasteiger partial charge in [-0.2, -0.15) is 0 Å². The number of amides is 1. The Morgan fingerprint density at radius 3 is 2.31 bits per heavy atom. The number of hydrogen-bond donors (Lipinski definition) is 2. The van der Waals surface area contributed by atoms with E-state index in [1.807, 2.05) is 24.3 Å². The first-order chi connectivity index (χ1) is 12.6. The molecule has 26 heavy (non-hydrogen) atoms. The molecule has 5 nitrogen and oxygen atoms in total. The third-order valence-corrected chi connectivity index (χ3v) is 3.74. The second-order valence-electron chi connectivity index (χ2n) is 5.34. The minimum Gasteiger partial charge on any atom is -0.507 e. The zero-order valence-electron chi connectivity index (χ0n) is 13.6. The molecular formula is C20H15ClN2O3. The molecule has 130 valence electrons. The second-order valence-corrected chi connectivity index (χ2v) is 5.77. The number of rotatable bonds is 4. The molecule has 0 aliphatic heterocycles. The maximum absolute atomic E-state index is 12.0. The van der Waals surface area contributed by atoms with E-state index in [-0.39, 0.29) is 11.5 Å². The van der Waals surface area contributed by atoms with Crippen LogP contribution in [0.15, 0.2) is 84.0 Å². The summed E-state index contributed by atoms with van der Waals surface area (Å²) in [6.07, 6.45) is -0.744. The molecule has 6 heteroatoms. The molecule has 3 aromatic rings. The average molecular weight is 367 g/mol. The molecule has 0 saturated carbocycles. The van der Waals surface area contributed by atoms with Crippen LogP contribution in [0, 0.1) is 0 Å². The monoisotopic (exact) mass is 366 g/mol. The van der Waals surface area contributed by atoms with E-state index in [1.54, 1.807) is 48.5 Å². The number of oxime groups is 1. The number of nitrogens with one attached hydrogen (secondary N) is 1. The highest BCUT2D eigenvalue weighted by atomic mass is 35.5. The Morgan fingerprint density at radius 2 is 1.62 bits per heavy atom. The summed E-state index contributed by atoms with van der Waals surface area (Å²) < 4.78 is 0. The van der Waals surface area contributed by atoms with Crippen molar-refractivity contribution in [2.75, 3.05) is 5.32 Å². The van der Waals surface area contributed by atoms with E-state index < -0.39 is 6.09 Å². The van der Waals surface area contributed by atoms with Crippen LogP contribution in [-0.4, -0.2) is 16.9 Å². The van der Waals surface area contributed by atoms with Crippen LogP contribution < -0.4 is 5.32 Å². The molecule has 0 fully saturated rings. The Hall–Kier alpha value is -3.31. The summed E-state index contributed by atoms with van der Waals surface area (Å²) in [7, 11) is 0. The van der Waals surface area contributed by atoms with Crippen molar-refractivity contribution in [1.82, 2.24) is 0 Å². The highest BCUT2D eigenvalue weighted by Crippen LogP contribution is 2.25. The number of nitrogens with zero attached hydrogens (tertiary/aromatic N) is 1. The van der Waals surface area contributed by atoms with Crippen molar-refractivity contribution in [3.8, 4) is 5.75 Å². The van der Waals surface area contributed by atoms with Gasteiger partial charge in [0.05, 0.1) is 0 Å². The van der Waals surface area contributed by atoms with Gasteiger partial charge in [-0.25, -0.2) is 4.79 Å². The normalized spacial score (nSPS) is 11.0. The molecule has 0 saturated heterocycles. The van der Waals surface area contributed by atoms with Gasteiger partial charge in [-0.15, -0.1) is 0 Å². The number of benzene rings is 3. The minimum absolute atomic E-state index is 0.0240. The molecule has 0 aliphatic rings. The number of anilines is 1. The van der Waals surface area contributed by atoms with Crippen LogP contribution >= 0.6 is 11.6 Å². The van der Waals surface area contributed by atoms with Gasteiger partial charge in [0.25, 0.3) is 0 Å². The molecule has 0 aliphatic carbocycles. The van der Waals surface area contributed by atoms with Crippen molar-refractivity contribution in [3.63, 3.8) is 0 Å². The summed E-state index contributed by atoms with van der Waals surface area (Å²) in [5, 5.41) is 17.1. The van der Waals surface area contributed by atoms with Crippen LogP contribution in [0.2, 0.25) is 5.02 Å². The molecule has 0 atom stereocenters. The lowest BCUT2D eigenvalue weighted by Crippen LogP contribution is -2.13. The van der Waals surface area contributed by atoms with Gasteiger partial charge in [-0.3, -0.25) is 10.2 Å². The lowest BCUT2D eigenvalue weighted by Gasteiger charge is -2.09. The van der Waals surface area contributed by atoms with Gasteiger partial charge < -0.3 is 5.11 Å². The average Bonchev–Trinajstić information content (AvgIpc) is 2.66. The number of phenols is 1. The first-order valence-corrected chi connectivity index (χ1v) is 8.16. The fraction of sp³-hybridized carbons (Fsp3) is 0. The van der Waals surface area contributed by atoms with Gasteiger partial charge in [0.15, 0.2) is 0 Å². The lowest BCUT2D eigenvalue weighted by molar-refractivity contribution is 0.166. The SMILES string of the molecule is O=C(Nc1ccccc1)O/N=C(/c1ccccc1)c1cc(Cl)ccc1O. The minimum atomic E-state index is -0.744. The molecule has 0 radical (unpaired) electrons. The number of carbonyl (C=O) groups excluding carboxylic acids is 1. The van der Waals surface area contributed by atoms with Gasteiger partial charge in [0, 0.05) is 21.8 Å². The van der Waals surface area contributed by atoms with Gasteiger partial charge >= 0.3 is 6.09 Å². The third kappa shape index (κ3) is 4.40. The second kappa shape index (κ2) is 8.18. The Kier molecular flexibility index (Phi) is 5.51. The van der Waals surface area contributed by atoms with Crippen molar-refractivity contribution in [1.29, 1.82) is 0 Å². The Morgan fingerprint density at radius 1 is 0.962 bits per heavy atom. The van der Waals surface area contributed by atoms with Crippen LogP contribution in [-0.2, 0) is 4.84 Å². The van der Waals surface area contributed by atoms with Crippen molar-refractivity contribution in [2.24, 2.45) is 5.16 Å². The molecule has 3 rings (SSSR count). The van der Waals surface area contributed by atoms with Crippen LogP contribution in [0.25, 0.3) is 0 Å². The number of aromatic hydroxyl groups is 1. The van der Waals surface area contributed by atoms with E-state index in [4.69, 9.17) is 16.4 Å². The Balaban J connectivity index is 1.89. The first kappa shape index (κ1) is 17.5. The van der Waals surface area contributed by atoms with Crippen LogP contribution in [0.1, 0.15) is 11.1 Å². The predicted octanol–water partition coefficient (Wildman–Crippen LogP) is 5.05.